The fraction of sp³-hybridized carbons (Fsp3) is 0.417. The number of amides is 1. The van der Waals surface area contributed by atoms with Crippen molar-refractivity contribution in [1.82, 2.24) is 5.32 Å². The van der Waals surface area contributed by atoms with Crippen molar-refractivity contribution in [2.24, 2.45) is 0 Å². The quantitative estimate of drug-likeness (QED) is 0.603. The second-order valence-electron chi connectivity index (χ2n) is 4.34. The number of hydrogen-bond donors (Lipinski definition) is 4. The molecule has 1 atom stereocenters. The van der Waals surface area contributed by atoms with Crippen molar-refractivity contribution in [1.29, 1.82) is 0 Å². The minimum atomic E-state index is -1.33. The van der Waals surface area contributed by atoms with Gasteiger partial charge in [-0.05, 0) is 37.6 Å². The van der Waals surface area contributed by atoms with Crippen molar-refractivity contribution in [3.8, 4) is 5.75 Å². The number of rotatable bonds is 4. The molecule has 0 heterocycles. The summed E-state index contributed by atoms with van der Waals surface area (Å²) in [5, 5.41) is 30.2. The molecule has 5 nitrogen and oxygen atoms in total. The number of aliphatic hydroxyl groups is 2. The van der Waals surface area contributed by atoms with E-state index in [1.54, 1.807) is 13.0 Å². The van der Waals surface area contributed by atoms with E-state index >= 15 is 0 Å². The van der Waals surface area contributed by atoms with Gasteiger partial charge in [-0.2, -0.15) is 0 Å². The Morgan fingerprint density at radius 3 is 2.65 bits per heavy atom. The Balaban J connectivity index is 2.68. The fourth-order valence-electron chi connectivity index (χ4n) is 1.23. The van der Waals surface area contributed by atoms with Crippen LogP contribution in [0.2, 0.25) is 0 Å². The number of phenolic OH excluding ortho intramolecular Hbond substituents is 1. The highest BCUT2D eigenvalue weighted by atomic mass is 16.3. The molecule has 0 spiro atoms. The summed E-state index contributed by atoms with van der Waals surface area (Å²) in [5.41, 5.74) is -0.331. The van der Waals surface area contributed by atoms with Crippen LogP contribution in [0, 0.1) is 6.92 Å². The lowest BCUT2D eigenvalue weighted by molar-refractivity contribution is 0.00320. The molecule has 5 heteroatoms. The summed E-state index contributed by atoms with van der Waals surface area (Å²) in [5.74, 6) is -0.231. The summed E-state index contributed by atoms with van der Waals surface area (Å²) in [4.78, 5) is 11.7. The molecule has 0 aliphatic rings. The van der Waals surface area contributed by atoms with E-state index in [4.69, 9.17) is 5.11 Å². The van der Waals surface area contributed by atoms with Crippen LogP contribution < -0.4 is 5.32 Å². The molecular weight excluding hydrogens is 222 g/mol. The Labute approximate surface area is 99.7 Å². The van der Waals surface area contributed by atoms with E-state index in [0.29, 0.717) is 11.1 Å². The normalized spacial score (nSPS) is 14.1. The smallest absolute Gasteiger partial charge is 0.251 e. The van der Waals surface area contributed by atoms with Crippen LogP contribution in [0.4, 0.5) is 0 Å². The number of aliphatic hydroxyl groups excluding tert-OH is 1. The van der Waals surface area contributed by atoms with Gasteiger partial charge in [-0.25, -0.2) is 0 Å². The van der Waals surface area contributed by atoms with Crippen LogP contribution in [0.25, 0.3) is 0 Å². The molecule has 0 bridgehead atoms. The minimum Gasteiger partial charge on any atom is -0.508 e. The monoisotopic (exact) mass is 239 g/mol. The van der Waals surface area contributed by atoms with E-state index in [-0.39, 0.29) is 18.2 Å². The second kappa shape index (κ2) is 5.16. The largest absolute Gasteiger partial charge is 0.508 e. The highest BCUT2D eigenvalue weighted by molar-refractivity contribution is 5.94. The number of phenols is 1. The van der Waals surface area contributed by atoms with Gasteiger partial charge in [0.1, 0.15) is 11.4 Å². The third-order valence-electron chi connectivity index (χ3n) is 2.43. The zero-order chi connectivity index (χ0) is 13.1. The summed E-state index contributed by atoms with van der Waals surface area (Å²) in [7, 11) is 0. The van der Waals surface area contributed by atoms with E-state index < -0.39 is 12.2 Å². The third-order valence-corrected chi connectivity index (χ3v) is 2.43. The van der Waals surface area contributed by atoms with Gasteiger partial charge in [-0.3, -0.25) is 4.79 Å². The number of aromatic hydroxyl groups is 1. The van der Waals surface area contributed by atoms with Crippen LogP contribution in [0.15, 0.2) is 18.2 Å². The van der Waals surface area contributed by atoms with Crippen molar-refractivity contribution in [3.05, 3.63) is 29.3 Å². The van der Waals surface area contributed by atoms with Crippen molar-refractivity contribution in [2.45, 2.75) is 19.4 Å². The molecule has 1 unspecified atom stereocenters. The van der Waals surface area contributed by atoms with Crippen LogP contribution >= 0.6 is 0 Å². The van der Waals surface area contributed by atoms with E-state index in [9.17, 15) is 15.0 Å². The maximum Gasteiger partial charge on any atom is 0.251 e. The molecule has 0 saturated carbocycles. The van der Waals surface area contributed by atoms with Gasteiger partial charge in [0.05, 0.1) is 6.61 Å². The molecule has 1 aromatic carbocycles. The Hall–Kier alpha value is -1.59. The molecule has 94 valence electrons. The molecule has 0 radical (unpaired) electrons. The summed E-state index contributed by atoms with van der Waals surface area (Å²) in [6.07, 6.45) is 0. The van der Waals surface area contributed by atoms with E-state index in [0.717, 1.165) is 0 Å². The van der Waals surface area contributed by atoms with Crippen LogP contribution in [0.1, 0.15) is 22.8 Å². The molecule has 4 N–H and O–H groups in total. The molecule has 0 aliphatic heterocycles. The molecule has 17 heavy (non-hydrogen) atoms. The third kappa shape index (κ3) is 3.72. The lowest BCUT2D eigenvalue weighted by atomic mass is 10.1. The van der Waals surface area contributed by atoms with Gasteiger partial charge in [0, 0.05) is 12.1 Å². The molecule has 1 amide bonds. The van der Waals surface area contributed by atoms with Gasteiger partial charge < -0.3 is 20.6 Å². The number of carbonyl (C=O) groups excluding carboxylic acids is 1. The molecule has 0 saturated heterocycles. The van der Waals surface area contributed by atoms with Crippen molar-refractivity contribution in [3.63, 3.8) is 0 Å². The Morgan fingerprint density at radius 1 is 1.47 bits per heavy atom. The first-order valence-corrected chi connectivity index (χ1v) is 5.27. The van der Waals surface area contributed by atoms with Crippen LogP contribution in [-0.4, -0.2) is 40.0 Å². The zero-order valence-corrected chi connectivity index (χ0v) is 9.90. The summed E-state index contributed by atoms with van der Waals surface area (Å²) >= 11 is 0. The standard InChI is InChI=1S/C12H17NO4/c1-8-5-9(3-4-10(8)15)11(16)13-6-12(2,17)7-14/h3-5,14-15,17H,6-7H2,1-2H3,(H,13,16). The topological polar surface area (TPSA) is 89.8 Å². The SMILES string of the molecule is Cc1cc(C(=O)NCC(C)(O)CO)ccc1O. The summed E-state index contributed by atoms with van der Waals surface area (Å²) in [6.45, 7) is 2.65. The molecule has 0 aliphatic carbocycles. The average Bonchev–Trinajstić information content (AvgIpc) is 2.30. The highest BCUT2D eigenvalue weighted by Gasteiger charge is 2.20. The molecular formula is C12H17NO4. The summed E-state index contributed by atoms with van der Waals surface area (Å²) < 4.78 is 0. The Kier molecular flexibility index (Phi) is 4.09. The van der Waals surface area contributed by atoms with Gasteiger partial charge in [0.2, 0.25) is 0 Å². The predicted octanol–water partition coefficient (Wildman–Crippen LogP) is 0.174. The minimum absolute atomic E-state index is 0.0394. The van der Waals surface area contributed by atoms with Gasteiger partial charge in [-0.1, -0.05) is 0 Å². The maximum absolute atomic E-state index is 11.7. The summed E-state index contributed by atoms with van der Waals surface area (Å²) in [6, 6.07) is 4.48. The lowest BCUT2D eigenvalue weighted by Gasteiger charge is -2.20. The van der Waals surface area contributed by atoms with Crippen molar-refractivity contribution >= 4 is 5.91 Å². The highest BCUT2D eigenvalue weighted by Crippen LogP contribution is 2.16. The van der Waals surface area contributed by atoms with E-state index in [2.05, 4.69) is 5.32 Å². The molecule has 0 fully saturated rings. The predicted molar refractivity (Wildman–Crippen MR) is 62.9 cm³/mol. The number of benzene rings is 1. The van der Waals surface area contributed by atoms with Gasteiger partial charge in [0.15, 0.2) is 0 Å². The maximum atomic E-state index is 11.7. The number of hydrogen-bond acceptors (Lipinski definition) is 4. The number of nitrogens with one attached hydrogen (secondary N) is 1. The number of carbonyl (C=O) groups is 1. The first-order chi connectivity index (χ1) is 7.85. The van der Waals surface area contributed by atoms with Gasteiger partial charge in [-0.15, -0.1) is 0 Å². The van der Waals surface area contributed by atoms with Gasteiger partial charge >= 0.3 is 0 Å². The Morgan fingerprint density at radius 2 is 2.12 bits per heavy atom. The van der Waals surface area contributed by atoms with Crippen molar-refractivity contribution in [2.75, 3.05) is 13.2 Å². The molecule has 1 rings (SSSR count). The van der Waals surface area contributed by atoms with E-state index in [1.807, 2.05) is 0 Å². The van der Waals surface area contributed by atoms with Gasteiger partial charge in [0.25, 0.3) is 5.91 Å². The first kappa shape index (κ1) is 13.5. The second-order valence-corrected chi connectivity index (χ2v) is 4.34. The molecule has 1 aromatic rings. The molecule has 0 aromatic heterocycles. The zero-order valence-electron chi connectivity index (χ0n) is 9.90. The van der Waals surface area contributed by atoms with Crippen LogP contribution in [-0.2, 0) is 0 Å². The number of aryl methyl sites for hydroxylation is 1. The average molecular weight is 239 g/mol. The lowest BCUT2D eigenvalue weighted by Crippen LogP contribution is -2.43. The Bertz CT molecular complexity index is 415. The van der Waals surface area contributed by atoms with Crippen LogP contribution in [0.5, 0.6) is 5.75 Å². The van der Waals surface area contributed by atoms with Crippen molar-refractivity contribution < 1.29 is 20.1 Å². The van der Waals surface area contributed by atoms with Crippen LogP contribution in [0.3, 0.4) is 0 Å². The van der Waals surface area contributed by atoms with E-state index in [1.165, 1.54) is 19.1 Å². The first-order valence-electron chi connectivity index (χ1n) is 5.27. The fourth-order valence-corrected chi connectivity index (χ4v) is 1.23.